The summed E-state index contributed by atoms with van der Waals surface area (Å²) in [4.78, 5) is 22.1. The van der Waals surface area contributed by atoms with Crippen LogP contribution in [0.4, 0.5) is 11.4 Å². The first kappa shape index (κ1) is 14.5. The largest absolute Gasteiger partial charge is 0.375 e. The molecule has 2 rings (SSSR count). The number of nitro groups is 1. The Balaban J connectivity index is 2.22. The number of nitro benzene ring substituents is 1. The Morgan fingerprint density at radius 1 is 1.48 bits per heavy atom. The topological polar surface area (TPSA) is 102 Å². The van der Waals surface area contributed by atoms with Crippen molar-refractivity contribution in [3.8, 4) is 0 Å². The van der Waals surface area contributed by atoms with Gasteiger partial charge in [0.15, 0.2) is 0 Å². The number of carbonyl (C=O) groups excluding carboxylic acids is 1. The van der Waals surface area contributed by atoms with Crippen LogP contribution in [-0.4, -0.2) is 27.7 Å². The molecule has 0 bridgehead atoms. The van der Waals surface area contributed by atoms with Crippen LogP contribution < -0.4 is 10.6 Å². The lowest BCUT2D eigenvalue weighted by Crippen LogP contribution is -2.18. The van der Waals surface area contributed by atoms with E-state index < -0.39 is 4.92 Å². The summed E-state index contributed by atoms with van der Waals surface area (Å²) in [6, 6.07) is 4.32. The van der Waals surface area contributed by atoms with Crippen LogP contribution in [0.1, 0.15) is 15.9 Å². The molecule has 8 heteroatoms. The molecule has 0 saturated heterocycles. The molecule has 0 unspecified atom stereocenters. The van der Waals surface area contributed by atoms with Gasteiger partial charge in [-0.2, -0.15) is 5.10 Å². The Kier molecular flexibility index (Phi) is 4.17. The number of nitrogens with zero attached hydrogens (tertiary/aromatic N) is 3. The van der Waals surface area contributed by atoms with E-state index in [1.54, 1.807) is 17.9 Å². The normalized spacial score (nSPS) is 10.2. The van der Waals surface area contributed by atoms with Gasteiger partial charge < -0.3 is 10.6 Å². The van der Waals surface area contributed by atoms with Crippen LogP contribution in [0.3, 0.4) is 0 Å². The summed E-state index contributed by atoms with van der Waals surface area (Å²) in [5, 5.41) is 20.6. The molecule has 8 nitrogen and oxygen atoms in total. The molecule has 0 fully saturated rings. The van der Waals surface area contributed by atoms with E-state index in [0.29, 0.717) is 12.2 Å². The van der Waals surface area contributed by atoms with Gasteiger partial charge in [-0.1, -0.05) is 0 Å². The fraction of sp³-hybridized carbons (Fsp3) is 0.231. The zero-order valence-electron chi connectivity index (χ0n) is 11.7. The van der Waals surface area contributed by atoms with Crippen molar-refractivity contribution >= 4 is 17.3 Å². The predicted octanol–water partition coefficient (Wildman–Crippen LogP) is 1.30. The first-order chi connectivity index (χ1) is 10.0. The maximum Gasteiger partial charge on any atom is 0.293 e. The highest BCUT2D eigenvalue weighted by atomic mass is 16.6. The van der Waals surface area contributed by atoms with Crippen LogP contribution in [0, 0.1) is 10.1 Å². The maximum absolute atomic E-state index is 11.5. The first-order valence-electron chi connectivity index (χ1n) is 6.23. The number of benzene rings is 1. The molecule has 2 N–H and O–H groups in total. The molecule has 2 aromatic rings. The minimum Gasteiger partial charge on any atom is -0.375 e. The summed E-state index contributed by atoms with van der Waals surface area (Å²) in [6.07, 6.45) is 3.50. The molecule has 110 valence electrons. The molecule has 1 aromatic carbocycles. The summed E-state index contributed by atoms with van der Waals surface area (Å²) in [5.74, 6) is -0.364. The fourth-order valence-corrected chi connectivity index (χ4v) is 1.88. The lowest BCUT2D eigenvalue weighted by Gasteiger charge is -2.07. The van der Waals surface area contributed by atoms with E-state index in [2.05, 4.69) is 15.7 Å². The molecular weight excluding hydrogens is 274 g/mol. The summed E-state index contributed by atoms with van der Waals surface area (Å²) in [5.41, 5.74) is 1.37. The Hall–Kier alpha value is -2.90. The van der Waals surface area contributed by atoms with E-state index >= 15 is 0 Å². The van der Waals surface area contributed by atoms with Crippen molar-refractivity contribution in [3.63, 3.8) is 0 Å². The van der Waals surface area contributed by atoms with Crippen LogP contribution >= 0.6 is 0 Å². The highest BCUT2D eigenvalue weighted by molar-refractivity contribution is 5.95. The van der Waals surface area contributed by atoms with Gasteiger partial charge in [0.05, 0.1) is 11.1 Å². The fourth-order valence-electron chi connectivity index (χ4n) is 1.88. The van der Waals surface area contributed by atoms with Crippen molar-refractivity contribution in [1.29, 1.82) is 0 Å². The number of hydrogen-bond acceptors (Lipinski definition) is 5. The van der Waals surface area contributed by atoms with Crippen LogP contribution in [0.5, 0.6) is 0 Å². The average Bonchev–Trinajstić information content (AvgIpc) is 2.89. The number of hydrogen-bond donors (Lipinski definition) is 2. The summed E-state index contributed by atoms with van der Waals surface area (Å²) in [6.45, 7) is 0.411. The van der Waals surface area contributed by atoms with Gasteiger partial charge >= 0.3 is 0 Å². The molecule has 0 spiro atoms. The van der Waals surface area contributed by atoms with E-state index in [0.717, 1.165) is 5.56 Å². The number of aryl methyl sites for hydroxylation is 1. The highest BCUT2D eigenvalue weighted by Crippen LogP contribution is 2.26. The van der Waals surface area contributed by atoms with Gasteiger partial charge in [-0.15, -0.1) is 0 Å². The summed E-state index contributed by atoms with van der Waals surface area (Å²) in [7, 11) is 3.27. The third kappa shape index (κ3) is 3.35. The maximum atomic E-state index is 11.5. The van der Waals surface area contributed by atoms with Gasteiger partial charge in [-0.05, 0) is 12.1 Å². The van der Waals surface area contributed by atoms with Crippen molar-refractivity contribution in [2.45, 2.75) is 6.54 Å². The second kappa shape index (κ2) is 6.04. The molecule has 1 aromatic heterocycles. The summed E-state index contributed by atoms with van der Waals surface area (Å²) < 4.78 is 1.65. The molecule has 0 saturated carbocycles. The van der Waals surface area contributed by atoms with Gasteiger partial charge in [-0.25, -0.2) is 0 Å². The van der Waals surface area contributed by atoms with E-state index in [1.807, 2.05) is 6.20 Å². The van der Waals surface area contributed by atoms with Crippen LogP contribution in [0.15, 0.2) is 30.6 Å². The summed E-state index contributed by atoms with van der Waals surface area (Å²) >= 11 is 0. The molecule has 1 amide bonds. The quantitative estimate of drug-likeness (QED) is 0.638. The number of nitrogens with one attached hydrogen (secondary N) is 2. The number of amides is 1. The van der Waals surface area contributed by atoms with Gasteiger partial charge in [0.2, 0.25) is 0 Å². The molecule has 0 aliphatic heterocycles. The van der Waals surface area contributed by atoms with Gasteiger partial charge in [0.25, 0.3) is 11.6 Å². The molecule has 0 atom stereocenters. The number of aromatic nitrogens is 2. The zero-order chi connectivity index (χ0) is 15.4. The van der Waals surface area contributed by atoms with Crippen molar-refractivity contribution in [1.82, 2.24) is 15.1 Å². The zero-order valence-corrected chi connectivity index (χ0v) is 11.7. The average molecular weight is 289 g/mol. The van der Waals surface area contributed by atoms with E-state index in [4.69, 9.17) is 0 Å². The lowest BCUT2D eigenvalue weighted by molar-refractivity contribution is -0.384. The van der Waals surface area contributed by atoms with Crippen LogP contribution in [0.25, 0.3) is 0 Å². The van der Waals surface area contributed by atoms with E-state index in [1.165, 1.54) is 25.2 Å². The molecule has 1 heterocycles. The SMILES string of the molecule is CNC(=O)c1ccc(NCc2cnn(C)c2)c([N+](=O)[O-])c1. The third-order valence-corrected chi connectivity index (χ3v) is 2.92. The minimum absolute atomic E-state index is 0.139. The smallest absolute Gasteiger partial charge is 0.293 e. The van der Waals surface area contributed by atoms with Crippen molar-refractivity contribution < 1.29 is 9.72 Å². The number of carbonyl (C=O) groups is 1. The minimum atomic E-state index is -0.516. The molecule has 0 aliphatic carbocycles. The first-order valence-corrected chi connectivity index (χ1v) is 6.23. The van der Waals surface area contributed by atoms with E-state index in [9.17, 15) is 14.9 Å². The number of anilines is 1. The van der Waals surface area contributed by atoms with E-state index in [-0.39, 0.29) is 17.2 Å². The van der Waals surface area contributed by atoms with Gasteiger partial charge in [0, 0.05) is 44.0 Å². The predicted molar refractivity (Wildman–Crippen MR) is 77.0 cm³/mol. The standard InChI is InChI=1S/C13H15N5O3/c1-14-13(19)10-3-4-11(12(5-10)18(20)21)15-6-9-7-16-17(2)8-9/h3-5,7-8,15H,6H2,1-2H3,(H,14,19). The highest BCUT2D eigenvalue weighted by Gasteiger charge is 2.17. The Bertz CT molecular complexity index is 680. The Morgan fingerprint density at radius 3 is 2.81 bits per heavy atom. The third-order valence-electron chi connectivity index (χ3n) is 2.92. The van der Waals surface area contributed by atoms with Gasteiger partial charge in [0.1, 0.15) is 5.69 Å². The second-order valence-corrected chi connectivity index (χ2v) is 4.44. The van der Waals surface area contributed by atoms with Crippen LogP contribution in [-0.2, 0) is 13.6 Å². The van der Waals surface area contributed by atoms with Crippen LogP contribution in [0.2, 0.25) is 0 Å². The van der Waals surface area contributed by atoms with Gasteiger partial charge in [-0.3, -0.25) is 19.6 Å². The van der Waals surface area contributed by atoms with Crippen molar-refractivity contribution in [2.24, 2.45) is 7.05 Å². The Morgan fingerprint density at radius 2 is 2.24 bits per heavy atom. The second-order valence-electron chi connectivity index (χ2n) is 4.44. The monoisotopic (exact) mass is 289 g/mol. The Labute approximate surface area is 120 Å². The molecular formula is C13H15N5O3. The molecule has 0 aliphatic rings. The van der Waals surface area contributed by atoms with Crippen molar-refractivity contribution in [2.75, 3.05) is 12.4 Å². The molecule has 0 radical (unpaired) electrons. The lowest BCUT2D eigenvalue weighted by atomic mass is 10.1. The van der Waals surface area contributed by atoms with Crippen molar-refractivity contribution in [3.05, 3.63) is 51.8 Å². The molecule has 21 heavy (non-hydrogen) atoms. The number of rotatable bonds is 5.